The molecule has 1 aromatic heterocycles. The Hall–Kier alpha value is -3.81. The predicted molar refractivity (Wildman–Crippen MR) is 110 cm³/mol. The summed E-state index contributed by atoms with van der Waals surface area (Å²) in [5.74, 6) is -3.97. The maximum Gasteiger partial charge on any atom is 0.374 e. The van der Waals surface area contributed by atoms with Gasteiger partial charge in [0.2, 0.25) is 0 Å². The molecule has 31 heavy (non-hydrogen) atoms. The minimum Gasteiger partial charge on any atom is -0.475 e. The Morgan fingerprint density at radius 2 is 1.77 bits per heavy atom. The van der Waals surface area contributed by atoms with E-state index in [1.54, 1.807) is 41.1 Å². The maximum atomic E-state index is 14.4. The van der Waals surface area contributed by atoms with Gasteiger partial charge in [-0.05, 0) is 30.5 Å². The van der Waals surface area contributed by atoms with E-state index in [2.05, 4.69) is 10.4 Å². The molecule has 0 saturated heterocycles. The van der Waals surface area contributed by atoms with Gasteiger partial charge in [0.25, 0.3) is 11.7 Å². The van der Waals surface area contributed by atoms with Crippen molar-refractivity contribution >= 4 is 17.7 Å². The Kier molecular flexibility index (Phi) is 5.62. The number of benzene rings is 2. The van der Waals surface area contributed by atoms with Crippen LogP contribution in [-0.2, 0) is 16.0 Å². The van der Waals surface area contributed by atoms with E-state index < -0.39 is 29.5 Å². The second kappa shape index (κ2) is 8.51. The van der Waals surface area contributed by atoms with Crippen LogP contribution in [0.25, 0.3) is 11.3 Å². The number of aliphatic carboxylic acids is 1. The second-order valence-corrected chi connectivity index (χ2v) is 7.47. The van der Waals surface area contributed by atoms with Gasteiger partial charge in [0.15, 0.2) is 0 Å². The zero-order chi connectivity index (χ0) is 22.0. The van der Waals surface area contributed by atoms with Crippen molar-refractivity contribution < 1.29 is 23.9 Å². The van der Waals surface area contributed by atoms with Crippen molar-refractivity contribution in [1.82, 2.24) is 15.1 Å². The van der Waals surface area contributed by atoms with Gasteiger partial charge >= 0.3 is 5.97 Å². The van der Waals surface area contributed by atoms with Gasteiger partial charge in [-0.2, -0.15) is 5.10 Å². The molecule has 2 N–H and O–H groups in total. The number of nitrogens with one attached hydrogen (secondary N) is 1. The van der Waals surface area contributed by atoms with Crippen LogP contribution in [0.4, 0.5) is 4.39 Å². The van der Waals surface area contributed by atoms with Gasteiger partial charge < -0.3 is 10.4 Å². The van der Waals surface area contributed by atoms with Crippen LogP contribution in [0.1, 0.15) is 34.8 Å². The summed E-state index contributed by atoms with van der Waals surface area (Å²) in [6.45, 7) is 0. The standard InChI is InChI=1S/C23H20FN3O4/c24-18-9-5-4-8-16(18)20-17(13-27(26-20)15-10-11-15)22(29)25-19(21(28)23(30)31)12-14-6-2-1-3-7-14/h1-9,13,15,19H,10-12H2,(H,25,29)(H,30,31). The smallest absolute Gasteiger partial charge is 0.374 e. The number of carbonyl (C=O) groups is 3. The minimum absolute atomic E-state index is 0.0174. The molecule has 0 spiro atoms. The summed E-state index contributed by atoms with van der Waals surface area (Å²) in [5.41, 5.74) is 1.11. The molecule has 0 aliphatic heterocycles. The quantitative estimate of drug-likeness (QED) is 0.545. The number of rotatable bonds is 8. The van der Waals surface area contributed by atoms with Crippen LogP contribution in [0.15, 0.2) is 60.8 Å². The Morgan fingerprint density at radius 1 is 1.10 bits per heavy atom. The summed E-state index contributed by atoms with van der Waals surface area (Å²) in [7, 11) is 0. The van der Waals surface area contributed by atoms with Crippen molar-refractivity contribution in [2.24, 2.45) is 0 Å². The third kappa shape index (κ3) is 4.53. The normalized spacial score (nSPS) is 14.1. The molecule has 1 aliphatic rings. The van der Waals surface area contributed by atoms with E-state index in [1.807, 2.05) is 0 Å². The van der Waals surface area contributed by atoms with Gasteiger partial charge in [-0.3, -0.25) is 14.3 Å². The van der Waals surface area contributed by atoms with Gasteiger partial charge in [-0.25, -0.2) is 9.18 Å². The van der Waals surface area contributed by atoms with Crippen molar-refractivity contribution in [1.29, 1.82) is 0 Å². The monoisotopic (exact) mass is 421 g/mol. The summed E-state index contributed by atoms with van der Waals surface area (Å²) in [4.78, 5) is 36.7. The molecule has 0 bridgehead atoms. The number of carboxylic acids is 1. The first kappa shape index (κ1) is 20.5. The van der Waals surface area contributed by atoms with Crippen LogP contribution in [-0.4, -0.2) is 38.6 Å². The van der Waals surface area contributed by atoms with E-state index in [-0.39, 0.29) is 29.3 Å². The summed E-state index contributed by atoms with van der Waals surface area (Å²) < 4.78 is 16.0. The van der Waals surface area contributed by atoms with Crippen LogP contribution in [0.2, 0.25) is 0 Å². The molecule has 2 aromatic carbocycles. The average molecular weight is 421 g/mol. The summed E-state index contributed by atoms with van der Waals surface area (Å²) in [6, 6.07) is 13.6. The predicted octanol–water partition coefficient (Wildman–Crippen LogP) is 3.02. The highest BCUT2D eigenvalue weighted by atomic mass is 19.1. The van der Waals surface area contributed by atoms with Crippen molar-refractivity contribution in [3.05, 3.63) is 77.7 Å². The highest BCUT2D eigenvalue weighted by Crippen LogP contribution is 2.36. The lowest BCUT2D eigenvalue weighted by molar-refractivity contribution is -0.149. The molecule has 1 aliphatic carbocycles. The molecule has 1 atom stereocenters. The number of carbonyl (C=O) groups excluding carboxylic acids is 2. The number of carboxylic acid groups (broad SMARTS) is 1. The fraction of sp³-hybridized carbons (Fsp3) is 0.217. The van der Waals surface area contributed by atoms with Crippen molar-refractivity contribution in [3.8, 4) is 11.3 Å². The van der Waals surface area contributed by atoms with Gasteiger partial charge in [0, 0.05) is 18.2 Å². The van der Waals surface area contributed by atoms with Gasteiger partial charge in [0.05, 0.1) is 11.6 Å². The fourth-order valence-corrected chi connectivity index (χ4v) is 3.38. The van der Waals surface area contributed by atoms with E-state index in [1.165, 1.54) is 24.4 Å². The molecular weight excluding hydrogens is 401 g/mol. The molecular formula is C23H20FN3O4. The largest absolute Gasteiger partial charge is 0.475 e. The van der Waals surface area contributed by atoms with E-state index in [0.717, 1.165) is 12.8 Å². The number of ketones is 1. The molecule has 1 fully saturated rings. The zero-order valence-electron chi connectivity index (χ0n) is 16.5. The first-order valence-electron chi connectivity index (χ1n) is 9.90. The number of amides is 1. The topological polar surface area (TPSA) is 101 Å². The summed E-state index contributed by atoms with van der Waals surface area (Å²) >= 11 is 0. The third-order valence-corrected chi connectivity index (χ3v) is 5.14. The number of nitrogens with zero attached hydrogens (tertiary/aromatic N) is 2. The summed E-state index contributed by atoms with van der Waals surface area (Å²) in [6.07, 6.45) is 3.37. The molecule has 1 heterocycles. The number of halogens is 1. The number of hydrogen-bond donors (Lipinski definition) is 2. The average Bonchev–Trinajstić information content (AvgIpc) is 3.52. The molecule has 1 saturated carbocycles. The van der Waals surface area contributed by atoms with Crippen LogP contribution < -0.4 is 5.32 Å². The number of hydrogen-bond acceptors (Lipinski definition) is 4. The minimum atomic E-state index is -1.63. The Labute approximate surface area is 177 Å². The Bertz CT molecular complexity index is 1140. The van der Waals surface area contributed by atoms with Gasteiger partial charge in [-0.1, -0.05) is 42.5 Å². The number of Topliss-reactive ketones (excluding diaryl/α,β-unsaturated/α-hetero) is 1. The number of aromatic nitrogens is 2. The third-order valence-electron chi connectivity index (χ3n) is 5.14. The van der Waals surface area contributed by atoms with E-state index in [9.17, 15) is 23.9 Å². The van der Waals surface area contributed by atoms with Gasteiger partial charge in [-0.15, -0.1) is 0 Å². The van der Waals surface area contributed by atoms with Crippen LogP contribution in [0.5, 0.6) is 0 Å². The lowest BCUT2D eigenvalue weighted by Gasteiger charge is -2.16. The molecule has 4 rings (SSSR count). The first-order chi connectivity index (χ1) is 14.9. The highest BCUT2D eigenvalue weighted by molar-refractivity contribution is 6.35. The van der Waals surface area contributed by atoms with E-state index in [0.29, 0.717) is 5.56 Å². The molecule has 1 unspecified atom stereocenters. The van der Waals surface area contributed by atoms with E-state index >= 15 is 0 Å². The molecule has 1 amide bonds. The fourth-order valence-electron chi connectivity index (χ4n) is 3.38. The molecule has 3 aromatic rings. The Balaban J connectivity index is 1.66. The maximum absolute atomic E-state index is 14.4. The van der Waals surface area contributed by atoms with E-state index in [4.69, 9.17) is 0 Å². The van der Waals surface area contributed by atoms with Crippen LogP contribution >= 0.6 is 0 Å². The molecule has 158 valence electrons. The lowest BCUT2D eigenvalue weighted by Crippen LogP contribution is -2.45. The molecule has 0 radical (unpaired) electrons. The van der Waals surface area contributed by atoms with Crippen molar-refractivity contribution in [2.45, 2.75) is 31.3 Å². The highest BCUT2D eigenvalue weighted by Gasteiger charge is 2.31. The SMILES string of the molecule is O=C(O)C(=O)C(Cc1ccccc1)NC(=O)c1cn(C2CC2)nc1-c1ccccc1F. The lowest BCUT2D eigenvalue weighted by atomic mass is 10.0. The summed E-state index contributed by atoms with van der Waals surface area (Å²) in [5, 5.41) is 16.1. The van der Waals surface area contributed by atoms with Crippen molar-refractivity contribution in [3.63, 3.8) is 0 Å². The first-order valence-corrected chi connectivity index (χ1v) is 9.90. The molecule has 8 heteroatoms. The van der Waals surface area contributed by atoms with Crippen molar-refractivity contribution in [2.75, 3.05) is 0 Å². The zero-order valence-corrected chi connectivity index (χ0v) is 16.5. The molecule has 7 nitrogen and oxygen atoms in total. The van der Waals surface area contributed by atoms with Gasteiger partial charge in [0.1, 0.15) is 17.6 Å². The van der Waals surface area contributed by atoms with Crippen LogP contribution in [0.3, 0.4) is 0 Å². The Morgan fingerprint density at radius 3 is 2.42 bits per heavy atom. The van der Waals surface area contributed by atoms with Crippen LogP contribution in [0, 0.1) is 5.82 Å². The second-order valence-electron chi connectivity index (χ2n) is 7.47.